The zero-order valence-electron chi connectivity index (χ0n) is 17.4. The van der Waals surface area contributed by atoms with Crippen molar-refractivity contribution in [2.45, 2.75) is 38.0 Å². The molecule has 2 aliphatic rings. The van der Waals surface area contributed by atoms with Gasteiger partial charge in [-0.2, -0.15) is 0 Å². The van der Waals surface area contributed by atoms with Crippen molar-refractivity contribution in [1.82, 2.24) is 9.58 Å². The number of benzene rings is 2. The second kappa shape index (κ2) is 7.94. The lowest BCUT2D eigenvalue weighted by molar-refractivity contribution is -0.0308. The SMILES string of the molecule is C[C@H]1O[C@@H](n2cc(-c3ccccc3)c3c2N=CN(Nc2ccc(F)c(N)c2)C3)[C@H](O)[C@@H]1O. The average Bonchev–Trinajstić information content (AvgIpc) is 3.29. The van der Waals surface area contributed by atoms with Gasteiger partial charge in [0.1, 0.15) is 30.2 Å². The molecule has 0 unspecified atom stereocenters. The van der Waals surface area contributed by atoms with Crippen molar-refractivity contribution in [3.8, 4) is 11.1 Å². The number of aromatic nitrogens is 1. The highest BCUT2D eigenvalue weighted by Crippen LogP contribution is 2.41. The van der Waals surface area contributed by atoms with E-state index in [1.165, 1.54) is 12.1 Å². The van der Waals surface area contributed by atoms with Crippen molar-refractivity contribution < 1.29 is 19.3 Å². The smallest absolute Gasteiger partial charge is 0.164 e. The van der Waals surface area contributed by atoms with Crippen LogP contribution < -0.4 is 11.2 Å². The second-order valence-electron chi connectivity index (χ2n) is 8.05. The first kappa shape index (κ1) is 20.5. The Labute approximate surface area is 184 Å². The number of anilines is 2. The zero-order valence-corrected chi connectivity index (χ0v) is 17.4. The summed E-state index contributed by atoms with van der Waals surface area (Å²) < 4.78 is 21.1. The molecule has 2 aromatic carbocycles. The zero-order chi connectivity index (χ0) is 22.4. The van der Waals surface area contributed by atoms with E-state index in [4.69, 9.17) is 10.5 Å². The molecule has 0 radical (unpaired) electrons. The number of rotatable bonds is 4. The van der Waals surface area contributed by atoms with E-state index in [2.05, 4.69) is 10.4 Å². The lowest BCUT2D eigenvalue weighted by atomic mass is 10.0. The summed E-state index contributed by atoms with van der Waals surface area (Å²) in [5.41, 5.74) is 12.4. The van der Waals surface area contributed by atoms with E-state index in [0.717, 1.165) is 16.7 Å². The molecule has 5 N–H and O–H groups in total. The Kier molecular flexibility index (Phi) is 5.09. The van der Waals surface area contributed by atoms with Crippen LogP contribution in [0.4, 0.5) is 21.6 Å². The molecule has 1 saturated heterocycles. The van der Waals surface area contributed by atoms with Gasteiger partial charge >= 0.3 is 0 Å². The molecule has 166 valence electrons. The lowest BCUT2D eigenvalue weighted by Gasteiger charge is -2.26. The van der Waals surface area contributed by atoms with Crippen molar-refractivity contribution in [2.24, 2.45) is 4.99 Å². The molecule has 9 heteroatoms. The third-order valence-electron chi connectivity index (χ3n) is 5.86. The number of nitrogens with two attached hydrogens (primary N) is 1. The second-order valence-corrected chi connectivity index (χ2v) is 8.05. The van der Waals surface area contributed by atoms with E-state index < -0.39 is 30.4 Å². The predicted octanol–water partition coefficient (Wildman–Crippen LogP) is 3.02. The summed E-state index contributed by atoms with van der Waals surface area (Å²) in [6.45, 7) is 2.18. The summed E-state index contributed by atoms with van der Waals surface area (Å²) in [5, 5.41) is 22.5. The number of fused-ring (bicyclic) bond motifs is 1. The molecule has 4 atom stereocenters. The molecule has 0 spiro atoms. The Morgan fingerprint density at radius 3 is 2.62 bits per heavy atom. The Morgan fingerprint density at radius 2 is 1.94 bits per heavy atom. The largest absolute Gasteiger partial charge is 0.396 e. The van der Waals surface area contributed by atoms with Gasteiger partial charge in [-0.05, 0) is 30.7 Å². The van der Waals surface area contributed by atoms with Gasteiger partial charge in [0.15, 0.2) is 6.23 Å². The monoisotopic (exact) mass is 437 g/mol. The third-order valence-corrected chi connectivity index (χ3v) is 5.86. The van der Waals surface area contributed by atoms with Crippen LogP contribution in [0.3, 0.4) is 0 Å². The maximum Gasteiger partial charge on any atom is 0.164 e. The fraction of sp³-hybridized carbons (Fsp3) is 0.261. The van der Waals surface area contributed by atoms with Crippen molar-refractivity contribution in [3.63, 3.8) is 0 Å². The third kappa shape index (κ3) is 3.50. The van der Waals surface area contributed by atoms with E-state index in [1.54, 1.807) is 28.9 Å². The fourth-order valence-corrected chi connectivity index (χ4v) is 4.16. The molecule has 5 rings (SSSR count). The number of ether oxygens (including phenoxy) is 1. The van der Waals surface area contributed by atoms with Gasteiger partial charge in [0.2, 0.25) is 0 Å². The summed E-state index contributed by atoms with van der Waals surface area (Å²) in [6.07, 6.45) is 0.221. The molecule has 8 nitrogen and oxygen atoms in total. The van der Waals surface area contributed by atoms with Crippen LogP contribution in [0.25, 0.3) is 11.1 Å². The van der Waals surface area contributed by atoms with Crippen LogP contribution in [0.2, 0.25) is 0 Å². The van der Waals surface area contributed by atoms with E-state index >= 15 is 0 Å². The number of hydrogen-bond acceptors (Lipinski definition) is 7. The van der Waals surface area contributed by atoms with Crippen molar-refractivity contribution in [2.75, 3.05) is 11.2 Å². The molecule has 0 amide bonds. The number of nitrogens with one attached hydrogen (secondary N) is 1. The first-order valence-electron chi connectivity index (χ1n) is 10.4. The van der Waals surface area contributed by atoms with E-state index in [-0.39, 0.29) is 5.69 Å². The summed E-state index contributed by atoms with van der Waals surface area (Å²) in [7, 11) is 0. The molecule has 1 aromatic heterocycles. The van der Waals surface area contributed by atoms with Gasteiger partial charge in [-0.3, -0.25) is 10.4 Å². The molecule has 3 aromatic rings. The van der Waals surface area contributed by atoms with Crippen LogP contribution in [0.1, 0.15) is 18.7 Å². The van der Waals surface area contributed by atoms with Crippen molar-refractivity contribution in [1.29, 1.82) is 0 Å². The van der Waals surface area contributed by atoms with E-state index in [1.807, 2.05) is 36.5 Å². The molecular formula is C23H24FN5O3. The standard InChI is InChI=1S/C23H24FN5O3/c1-13-20(30)21(31)23(32-13)29-11-16(14-5-3-2-4-6-14)17-10-28(12-26-22(17)29)27-15-7-8-18(24)19(25)9-15/h2-9,11-13,20-21,23,27,30-31H,10,25H2,1H3/t13-,20-,21-,23-/m1/s1. The van der Waals surface area contributed by atoms with Gasteiger partial charge in [0.25, 0.3) is 0 Å². The topological polar surface area (TPSA) is 108 Å². The molecule has 1 fully saturated rings. The molecule has 3 heterocycles. The summed E-state index contributed by atoms with van der Waals surface area (Å²) in [5.74, 6) is 0.172. The molecule has 0 bridgehead atoms. The number of hydrogen-bond donors (Lipinski definition) is 4. The van der Waals surface area contributed by atoms with Crippen molar-refractivity contribution in [3.05, 3.63) is 66.1 Å². The highest BCUT2D eigenvalue weighted by Gasteiger charge is 2.42. The average molecular weight is 437 g/mol. The molecule has 0 aliphatic carbocycles. The van der Waals surface area contributed by atoms with E-state index in [9.17, 15) is 14.6 Å². The minimum absolute atomic E-state index is 0.0563. The van der Waals surface area contributed by atoms with Crippen LogP contribution in [-0.4, -0.2) is 44.4 Å². The van der Waals surface area contributed by atoms with Crippen LogP contribution in [-0.2, 0) is 11.3 Å². The number of nitrogen functional groups attached to an aromatic ring is 1. The Bertz CT molecular complexity index is 1170. The summed E-state index contributed by atoms with van der Waals surface area (Å²) >= 11 is 0. The first-order chi connectivity index (χ1) is 15.4. The van der Waals surface area contributed by atoms with Crippen LogP contribution in [0.15, 0.2) is 59.7 Å². The highest BCUT2D eigenvalue weighted by atomic mass is 19.1. The molecular weight excluding hydrogens is 413 g/mol. The van der Waals surface area contributed by atoms with Crippen molar-refractivity contribution >= 4 is 23.5 Å². The minimum Gasteiger partial charge on any atom is -0.396 e. The maximum absolute atomic E-state index is 13.5. The van der Waals surface area contributed by atoms with Gasteiger partial charge in [-0.1, -0.05) is 30.3 Å². The van der Waals surface area contributed by atoms with Crippen LogP contribution in [0.5, 0.6) is 0 Å². The van der Waals surface area contributed by atoms with Gasteiger partial charge in [-0.15, -0.1) is 0 Å². The molecule has 2 aliphatic heterocycles. The maximum atomic E-state index is 13.5. The number of hydrazine groups is 1. The summed E-state index contributed by atoms with van der Waals surface area (Å²) in [4.78, 5) is 4.61. The number of aliphatic imine (C=N–C) groups is 1. The van der Waals surface area contributed by atoms with Gasteiger partial charge in [-0.25, -0.2) is 9.38 Å². The number of aliphatic hydroxyl groups is 2. The Hall–Kier alpha value is -3.40. The quantitative estimate of drug-likeness (QED) is 0.468. The van der Waals surface area contributed by atoms with Gasteiger partial charge < -0.3 is 25.3 Å². The molecule has 32 heavy (non-hydrogen) atoms. The number of halogens is 1. The molecule has 0 saturated carbocycles. The Morgan fingerprint density at radius 1 is 1.16 bits per heavy atom. The highest BCUT2D eigenvalue weighted by molar-refractivity contribution is 5.77. The summed E-state index contributed by atoms with van der Waals surface area (Å²) in [6, 6.07) is 14.3. The van der Waals surface area contributed by atoms with Gasteiger partial charge in [0.05, 0.1) is 24.0 Å². The minimum atomic E-state index is -1.07. The fourth-order valence-electron chi connectivity index (χ4n) is 4.16. The lowest BCUT2D eigenvalue weighted by Crippen LogP contribution is -2.31. The van der Waals surface area contributed by atoms with E-state index in [0.29, 0.717) is 18.1 Å². The predicted molar refractivity (Wildman–Crippen MR) is 120 cm³/mol. The Balaban J connectivity index is 1.51. The normalized spacial score (nSPS) is 24.6. The first-order valence-corrected chi connectivity index (χ1v) is 10.4. The van der Waals surface area contributed by atoms with Crippen LogP contribution >= 0.6 is 0 Å². The number of nitrogens with zero attached hydrogens (tertiary/aromatic N) is 3. The van der Waals surface area contributed by atoms with Gasteiger partial charge in [0, 0.05) is 17.3 Å². The number of aliphatic hydroxyl groups excluding tert-OH is 2. The van der Waals surface area contributed by atoms with Crippen LogP contribution in [0, 0.1) is 5.82 Å².